The minimum absolute atomic E-state index is 0.0120. The van der Waals surface area contributed by atoms with Crippen LogP contribution in [0.25, 0.3) is 0 Å². The van der Waals surface area contributed by atoms with E-state index in [2.05, 4.69) is 10.2 Å². The molecule has 0 unspecified atom stereocenters. The molecule has 2 heterocycles. The maximum atomic E-state index is 13.2. The Labute approximate surface area is 166 Å². The largest absolute Gasteiger partial charge is 0.379 e. The number of benzene rings is 1. The molecule has 3 rings (SSSR count). The number of likely N-dealkylation sites (tertiary alicyclic amines) is 1. The van der Waals surface area contributed by atoms with Crippen LogP contribution < -0.4 is 5.32 Å². The van der Waals surface area contributed by atoms with E-state index < -0.39 is 0 Å². The molecule has 7 heteroatoms. The van der Waals surface area contributed by atoms with E-state index >= 15 is 0 Å². The summed E-state index contributed by atoms with van der Waals surface area (Å²) in [6, 6.07) is 6.43. The molecule has 28 heavy (non-hydrogen) atoms. The normalized spacial score (nSPS) is 21.0. The molecule has 0 bridgehead atoms. The lowest BCUT2D eigenvalue weighted by Crippen LogP contribution is -2.47. The molecule has 0 radical (unpaired) electrons. The summed E-state index contributed by atoms with van der Waals surface area (Å²) in [5.74, 6) is -0.288. The number of nitrogens with one attached hydrogen (secondary N) is 1. The van der Waals surface area contributed by atoms with Crippen molar-refractivity contribution in [2.24, 2.45) is 5.92 Å². The molecule has 0 aromatic heterocycles. The number of hydrogen-bond acceptors (Lipinski definition) is 4. The van der Waals surface area contributed by atoms with Crippen molar-refractivity contribution in [2.75, 3.05) is 52.5 Å². The molecule has 0 aliphatic carbocycles. The average Bonchev–Trinajstić information content (AvgIpc) is 2.70. The zero-order valence-electron chi connectivity index (χ0n) is 16.4. The summed E-state index contributed by atoms with van der Waals surface area (Å²) in [7, 11) is 0. The minimum atomic E-state index is -0.262. The molecule has 1 N–H and O–H groups in total. The zero-order valence-corrected chi connectivity index (χ0v) is 16.4. The Morgan fingerprint density at radius 1 is 1.25 bits per heavy atom. The van der Waals surface area contributed by atoms with Crippen molar-refractivity contribution < 1.29 is 18.7 Å². The molecule has 2 amide bonds. The first-order chi connectivity index (χ1) is 13.6. The van der Waals surface area contributed by atoms with Crippen LogP contribution in [-0.2, 0) is 20.7 Å². The lowest BCUT2D eigenvalue weighted by molar-refractivity contribution is -0.138. The summed E-state index contributed by atoms with van der Waals surface area (Å²) in [5, 5.41) is 2.94. The highest BCUT2D eigenvalue weighted by atomic mass is 19.1. The van der Waals surface area contributed by atoms with E-state index in [9.17, 15) is 14.0 Å². The van der Waals surface area contributed by atoms with Crippen LogP contribution in [-0.4, -0.2) is 74.1 Å². The zero-order chi connectivity index (χ0) is 19.8. The van der Waals surface area contributed by atoms with E-state index in [1.54, 1.807) is 6.07 Å². The van der Waals surface area contributed by atoms with E-state index in [0.717, 1.165) is 44.8 Å². The predicted octanol–water partition coefficient (Wildman–Crippen LogP) is 1.45. The predicted molar refractivity (Wildman–Crippen MR) is 104 cm³/mol. The summed E-state index contributed by atoms with van der Waals surface area (Å²) in [4.78, 5) is 28.9. The van der Waals surface area contributed by atoms with Gasteiger partial charge in [0.25, 0.3) is 0 Å². The van der Waals surface area contributed by atoms with E-state index in [0.29, 0.717) is 38.9 Å². The van der Waals surface area contributed by atoms with Gasteiger partial charge in [-0.2, -0.15) is 0 Å². The highest BCUT2D eigenvalue weighted by Gasteiger charge is 2.29. The van der Waals surface area contributed by atoms with Gasteiger partial charge in [0, 0.05) is 45.7 Å². The summed E-state index contributed by atoms with van der Waals surface area (Å²) >= 11 is 0. The van der Waals surface area contributed by atoms with Crippen molar-refractivity contribution >= 4 is 11.8 Å². The van der Waals surface area contributed by atoms with Crippen molar-refractivity contribution in [2.45, 2.75) is 25.7 Å². The molecule has 2 aliphatic rings. The summed E-state index contributed by atoms with van der Waals surface area (Å²) in [6.45, 7) is 6.08. The topological polar surface area (TPSA) is 61.9 Å². The number of ether oxygens (including phenoxy) is 1. The van der Waals surface area contributed by atoms with Gasteiger partial charge in [-0.25, -0.2) is 4.39 Å². The van der Waals surface area contributed by atoms with Crippen molar-refractivity contribution in [1.82, 2.24) is 15.1 Å². The van der Waals surface area contributed by atoms with Crippen LogP contribution in [0.2, 0.25) is 0 Å². The molecular weight excluding hydrogens is 361 g/mol. The smallest absolute Gasteiger partial charge is 0.224 e. The van der Waals surface area contributed by atoms with Crippen LogP contribution in [0.15, 0.2) is 24.3 Å². The lowest BCUT2D eigenvalue weighted by atomic mass is 9.96. The van der Waals surface area contributed by atoms with Crippen LogP contribution >= 0.6 is 0 Å². The number of piperidine rings is 1. The molecule has 1 aromatic carbocycles. The van der Waals surface area contributed by atoms with Gasteiger partial charge in [0.05, 0.1) is 19.1 Å². The number of carbonyl (C=O) groups excluding carboxylic acids is 2. The Morgan fingerprint density at radius 2 is 2.07 bits per heavy atom. The Morgan fingerprint density at radius 3 is 2.86 bits per heavy atom. The number of carbonyl (C=O) groups is 2. The van der Waals surface area contributed by atoms with E-state index in [4.69, 9.17) is 4.74 Å². The van der Waals surface area contributed by atoms with Crippen LogP contribution in [0, 0.1) is 11.7 Å². The van der Waals surface area contributed by atoms with Crippen LogP contribution in [0.4, 0.5) is 4.39 Å². The van der Waals surface area contributed by atoms with Crippen molar-refractivity contribution in [1.29, 1.82) is 0 Å². The lowest BCUT2D eigenvalue weighted by Gasteiger charge is -2.33. The third-order valence-electron chi connectivity index (χ3n) is 5.48. The van der Waals surface area contributed by atoms with Gasteiger partial charge in [-0.3, -0.25) is 14.5 Å². The standard InChI is InChI=1S/C21H30FN3O3/c22-19-4-1-3-17(15-19)7-8-23-21(27)18-5-6-20(26)25(16-18)10-2-9-24-11-13-28-14-12-24/h1,3-4,15,18H,2,5-14,16H2,(H,23,27)/t18-/m0/s1. The van der Waals surface area contributed by atoms with E-state index in [1.165, 1.54) is 12.1 Å². The fraction of sp³-hybridized carbons (Fsp3) is 0.619. The first-order valence-electron chi connectivity index (χ1n) is 10.2. The second-order valence-electron chi connectivity index (χ2n) is 7.55. The minimum Gasteiger partial charge on any atom is -0.379 e. The number of rotatable bonds is 8. The molecule has 2 saturated heterocycles. The first kappa shape index (κ1) is 20.7. The highest BCUT2D eigenvalue weighted by molar-refractivity contribution is 5.83. The molecule has 2 aliphatic heterocycles. The molecule has 154 valence electrons. The molecule has 1 atom stereocenters. The maximum absolute atomic E-state index is 13.2. The second kappa shape index (κ2) is 10.5. The summed E-state index contributed by atoms with van der Waals surface area (Å²) < 4.78 is 18.6. The monoisotopic (exact) mass is 391 g/mol. The van der Waals surface area contributed by atoms with Crippen LogP contribution in [0.1, 0.15) is 24.8 Å². The first-order valence-corrected chi connectivity index (χ1v) is 10.2. The molecule has 2 fully saturated rings. The Kier molecular flexibility index (Phi) is 7.80. The fourth-order valence-corrected chi connectivity index (χ4v) is 3.82. The maximum Gasteiger partial charge on any atom is 0.224 e. The van der Waals surface area contributed by atoms with Gasteiger partial charge in [0.1, 0.15) is 5.82 Å². The van der Waals surface area contributed by atoms with Gasteiger partial charge >= 0.3 is 0 Å². The third-order valence-corrected chi connectivity index (χ3v) is 5.48. The Bertz CT molecular complexity index is 664. The van der Waals surface area contributed by atoms with Gasteiger partial charge in [-0.05, 0) is 37.0 Å². The number of amides is 2. The van der Waals surface area contributed by atoms with Crippen molar-refractivity contribution in [3.8, 4) is 0 Å². The van der Waals surface area contributed by atoms with E-state index in [1.807, 2.05) is 11.0 Å². The average molecular weight is 391 g/mol. The molecule has 0 spiro atoms. The van der Waals surface area contributed by atoms with Crippen LogP contribution in [0.5, 0.6) is 0 Å². The molecule has 1 aromatic rings. The fourth-order valence-electron chi connectivity index (χ4n) is 3.82. The van der Waals surface area contributed by atoms with Gasteiger partial charge in [0.15, 0.2) is 0 Å². The van der Waals surface area contributed by atoms with E-state index in [-0.39, 0.29) is 23.5 Å². The molecule has 6 nitrogen and oxygen atoms in total. The molecular formula is C21H30FN3O3. The number of hydrogen-bond donors (Lipinski definition) is 1. The summed E-state index contributed by atoms with van der Waals surface area (Å²) in [6.07, 6.45) is 2.54. The quantitative estimate of drug-likeness (QED) is 0.729. The van der Waals surface area contributed by atoms with Gasteiger partial charge in [-0.1, -0.05) is 12.1 Å². The Hall–Kier alpha value is -1.99. The molecule has 0 saturated carbocycles. The Balaban J connectivity index is 1.38. The number of nitrogens with zero attached hydrogens (tertiary/aromatic N) is 2. The van der Waals surface area contributed by atoms with Crippen molar-refractivity contribution in [3.05, 3.63) is 35.6 Å². The third kappa shape index (κ3) is 6.27. The van der Waals surface area contributed by atoms with Gasteiger partial charge in [0.2, 0.25) is 11.8 Å². The number of halogens is 1. The number of morpholine rings is 1. The highest BCUT2D eigenvalue weighted by Crippen LogP contribution is 2.18. The van der Waals surface area contributed by atoms with Crippen LogP contribution in [0.3, 0.4) is 0 Å². The SMILES string of the molecule is O=C(NCCc1cccc(F)c1)[C@H]1CCC(=O)N(CCCN2CCOCC2)C1. The summed E-state index contributed by atoms with van der Waals surface area (Å²) in [5.41, 5.74) is 0.865. The van der Waals surface area contributed by atoms with Crippen molar-refractivity contribution in [3.63, 3.8) is 0 Å². The van der Waals surface area contributed by atoms with Gasteiger partial charge in [-0.15, -0.1) is 0 Å². The second-order valence-corrected chi connectivity index (χ2v) is 7.55. The van der Waals surface area contributed by atoms with Gasteiger partial charge < -0.3 is 15.0 Å².